The lowest BCUT2D eigenvalue weighted by Crippen LogP contribution is -2.11. The van der Waals surface area contributed by atoms with E-state index in [1.165, 1.54) is 117 Å². The maximum atomic E-state index is 13.0. The van der Waals surface area contributed by atoms with Gasteiger partial charge in [-0.05, 0) is 144 Å². The lowest BCUT2D eigenvalue weighted by molar-refractivity contribution is 0.0723. The molecule has 0 aliphatic heterocycles. The van der Waals surface area contributed by atoms with Crippen molar-refractivity contribution in [2.45, 2.75) is 78.1 Å². The first-order chi connectivity index (χ1) is 32.2. The van der Waals surface area contributed by atoms with Gasteiger partial charge in [0.15, 0.2) is 0 Å². The molecule has 7 aromatic rings. The molecule has 7 rings (SSSR count). The summed E-state index contributed by atoms with van der Waals surface area (Å²) in [4.78, 5) is 51.9. The van der Waals surface area contributed by atoms with Gasteiger partial charge in [-0.3, -0.25) is 0 Å². The highest BCUT2D eigenvalue weighted by Crippen LogP contribution is 2.26. The average molecular weight is 879 g/mol. The van der Waals surface area contributed by atoms with Crippen LogP contribution < -0.4 is 18.9 Å². The zero-order valence-electron chi connectivity index (χ0n) is 37.5. The van der Waals surface area contributed by atoms with E-state index in [4.69, 9.17) is 18.9 Å². The van der Waals surface area contributed by atoms with Crippen LogP contribution in [-0.2, 0) is 12.8 Å². The molecule has 0 saturated carbocycles. The predicted octanol–water partition coefficient (Wildman–Crippen LogP) is 14.1. The average Bonchev–Trinajstić information content (AvgIpc) is 3.35. The fourth-order valence-electron chi connectivity index (χ4n) is 7.42. The van der Waals surface area contributed by atoms with Crippen LogP contribution in [0.1, 0.15) is 118 Å². The second-order valence-corrected chi connectivity index (χ2v) is 16.3. The molecule has 0 atom stereocenters. The van der Waals surface area contributed by atoms with Gasteiger partial charge in [-0.15, -0.1) is 0 Å². The molecule has 0 N–H and O–H groups in total. The summed E-state index contributed by atoms with van der Waals surface area (Å²) in [5.74, 6) is -1.51. The number of benzene rings is 7. The number of unbranched alkanes of at least 4 members (excludes halogenated alkanes) is 6. The highest BCUT2D eigenvalue weighted by atomic mass is 16.6. The number of hydrogen-bond acceptors (Lipinski definition) is 8. The smallest absolute Gasteiger partial charge is 0.343 e. The molecular formula is C58H54O8. The third-order valence-electron chi connectivity index (χ3n) is 11.3. The first kappa shape index (κ1) is 46.4. The summed E-state index contributed by atoms with van der Waals surface area (Å²) in [6, 6.07) is 49.9. The molecule has 0 heterocycles. The van der Waals surface area contributed by atoms with Crippen LogP contribution in [0.4, 0.5) is 0 Å². The van der Waals surface area contributed by atoms with E-state index in [-0.39, 0.29) is 34.1 Å². The van der Waals surface area contributed by atoms with E-state index in [0.717, 1.165) is 35.1 Å². The first-order valence-corrected chi connectivity index (χ1v) is 22.8. The van der Waals surface area contributed by atoms with Crippen molar-refractivity contribution in [2.75, 3.05) is 0 Å². The minimum absolute atomic E-state index is 0.156. The molecule has 0 aromatic heterocycles. The number of ether oxygens (including phenoxy) is 4. The fourth-order valence-corrected chi connectivity index (χ4v) is 7.42. The van der Waals surface area contributed by atoms with E-state index in [0.29, 0.717) is 11.1 Å². The molecular weight excluding hydrogens is 825 g/mol. The Hall–Kier alpha value is -7.58. The summed E-state index contributed by atoms with van der Waals surface area (Å²) in [6.45, 7) is 4.43. The summed E-state index contributed by atoms with van der Waals surface area (Å²) < 4.78 is 22.2. The van der Waals surface area contributed by atoms with Gasteiger partial charge in [0.05, 0.1) is 22.3 Å². The molecule has 0 amide bonds. The number of carbonyl (C=O) groups is 4. The van der Waals surface area contributed by atoms with Crippen molar-refractivity contribution in [1.29, 1.82) is 0 Å². The van der Waals surface area contributed by atoms with E-state index in [9.17, 15) is 19.2 Å². The Labute approximate surface area is 387 Å². The molecule has 0 aliphatic rings. The van der Waals surface area contributed by atoms with Crippen molar-refractivity contribution in [3.05, 3.63) is 203 Å². The summed E-state index contributed by atoms with van der Waals surface area (Å²) in [7, 11) is 0. The van der Waals surface area contributed by atoms with E-state index in [2.05, 4.69) is 62.4 Å². The largest absolute Gasteiger partial charge is 0.423 e. The molecule has 0 saturated heterocycles. The van der Waals surface area contributed by atoms with Crippen molar-refractivity contribution in [3.63, 3.8) is 0 Å². The number of aryl methyl sites for hydroxylation is 2. The molecule has 0 aliphatic carbocycles. The van der Waals surface area contributed by atoms with Crippen LogP contribution in [0, 0.1) is 0 Å². The topological polar surface area (TPSA) is 105 Å². The minimum Gasteiger partial charge on any atom is -0.423 e. The number of hydrogen-bond donors (Lipinski definition) is 0. The van der Waals surface area contributed by atoms with Crippen LogP contribution in [-0.4, -0.2) is 23.9 Å². The van der Waals surface area contributed by atoms with Gasteiger partial charge in [0, 0.05) is 6.07 Å². The van der Waals surface area contributed by atoms with Crippen molar-refractivity contribution >= 4 is 23.9 Å². The Morgan fingerprint density at radius 2 is 0.606 bits per heavy atom. The molecule has 66 heavy (non-hydrogen) atoms. The maximum absolute atomic E-state index is 13.0. The normalized spacial score (nSPS) is 10.8. The van der Waals surface area contributed by atoms with Gasteiger partial charge >= 0.3 is 23.9 Å². The SMILES string of the molecule is CCCCCCc1ccc(-c2ccc(C(=O)Oc3ccc(C(=O)Oc4cccc(OC(=O)c5ccc(OC(=O)c6ccc(-c7ccc(CCCCCC)cc7)cc6)cc5)c4)cc3)cc2)cc1. The highest BCUT2D eigenvalue weighted by Gasteiger charge is 2.16. The van der Waals surface area contributed by atoms with E-state index in [1.54, 1.807) is 42.5 Å². The number of rotatable bonds is 20. The Bertz CT molecular complexity index is 2500. The van der Waals surface area contributed by atoms with Gasteiger partial charge in [-0.25, -0.2) is 19.2 Å². The van der Waals surface area contributed by atoms with E-state index < -0.39 is 23.9 Å². The van der Waals surface area contributed by atoms with E-state index in [1.807, 2.05) is 24.3 Å². The Morgan fingerprint density at radius 1 is 0.318 bits per heavy atom. The third-order valence-corrected chi connectivity index (χ3v) is 11.3. The Balaban J connectivity index is 0.856. The van der Waals surface area contributed by atoms with Crippen LogP contribution in [0.2, 0.25) is 0 Å². The molecule has 334 valence electrons. The molecule has 0 radical (unpaired) electrons. The molecule has 7 aromatic carbocycles. The summed E-state index contributed by atoms with van der Waals surface area (Å²) >= 11 is 0. The lowest BCUT2D eigenvalue weighted by Gasteiger charge is -2.09. The predicted molar refractivity (Wildman–Crippen MR) is 259 cm³/mol. The molecule has 0 unspecified atom stereocenters. The monoisotopic (exact) mass is 878 g/mol. The van der Waals surface area contributed by atoms with Crippen LogP contribution in [0.15, 0.2) is 170 Å². The second kappa shape index (κ2) is 23.4. The molecule has 0 fully saturated rings. The Kier molecular flexibility index (Phi) is 16.4. The highest BCUT2D eigenvalue weighted by molar-refractivity contribution is 5.94. The van der Waals surface area contributed by atoms with Gasteiger partial charge in [0.25, 0.3) is 0 Å². The zero-order chi connectivity index (χ0) is 46.1. The summed E-state index contributed by atoms with van der Waals surface area (Å²) in [6.07, 6.45) is 12.0. The van der Waals surface area contributed by atoms with Gasteiger partial charge in [-0.2, -0.15) is 0 Å². The maximum Gasteiger partial charge on any atom is 0.343 e. The molecule has 0 bridgehead atoms. The fraction of sp³-hybridized carbons (Fsp3) is 0.207. The van der Waals surface area contributed by atoms with Crippen molar-refractivity contribution < 1.29 is 38.1 Å². The first-order valence-electron chi connectivity index (χ1n) is 22.8. The van der Waals surface area contributed by atoms with E-state index >= 15 is 0 Å². The number of esters is 4. The van der Waals surface area contributed by atoms with Gasteiger partial charge in [0.2, 0.25) is 0 Å². The van der Waals surface area contributed by atoms with Crippen LogP contribution in [0.5, 0.6) is 23.0 Å². The summed E-state index contributed by atoms with van der Waals surface area (Å²) in [5, 5.41) is 0. The number of carbonyl (C=O) groups excluding carboxylic acids is 4. The quantitative estimate of drug-likeness (QED) is 0.0423. The zero-order valence-corrected chi connectivity index (χ0v) is 37.5. The van der Waals surface area contributed by atoms with Crippen molar-refractivity contribution in [3.8, 4) is 45.3 Å². The van der Waals surface area contributed by atoms with Gasteiger partial charge in [-0.1, -0.05) is 131 Å². The standard InChI is InChI=1S/C58H54O8/c1-3-5-7-9-12-41-16-20-43(21-17-41)45-24-28-47(29-25-45)55(59)63-51-36-32-49(33-37-51)57(61)65-53-14-11-15-54(40-53)66-58(62)50-34-38-52(39-35-50)64-56(60)48-30-26-46(27-31-48)44-22-18-42(19-23-44)13-10-8-6-4-2/h11,14-40H,3-10,12-13H2,1-2H3. The Morgan fingerprint density at radius 3 is 0.924 bits per heavy atom. The molecule has 8 heteroatoms. The van der Waals surface area contributed by atoms with Crippen LogP contribution in [0.25, 0.3) is 22.3 Å². The van der Waals surface area contributed by atoms with Crippen molar-refractivity contribution in [1.82, 2.24) is 0 Å². The lowest BCUT2D eigenvalue weighted by atomic mass is 10.0. The van der Waals surface area contributed by atoms with Gasteiger partial charge < -0.3 is 18.9 Å². The summed E-state index contributed by atoms with van der Waals surface area (Å²) in [5.41, 5.74) is 8.06. The van der Waals surface area contributed by atoms with Crippen molar-refractivity contribution in [2.24, 2.45) is 0 Å². The second-order valence-electron chi connectivity index (χ2n) is 16.3. The van der Waals surface area contributed by atoms with Crippen LogP contribution in [0.3, 0.4) is 0 Å². The van der Waals surface area contributed by atoms with Crippen LogP contribution >= 0.6 is 0 Å². The third kappa shape index (κ3) is 13.2. The molecule has 8 nitrogen and oxygen atoms in total. The minimum atomic E-state index is -0.657. The molecule has 0 spiro atoms. The van der Waals surface area contributed by atoms with Gasteiger partial charge in [0.1, 0.15) is 23.0 Å².